The standard InChI is InChI=1S/C26H20FN5OS/c1-17-2-9-22(32-13-12-31(26(32)33)21-10-7-20(27)8-11-21)14-23(17)29-25-30-24(16-34-25)19-5-3-18(15-28)4-6-19/h2-11,14,16H,12-13H2,1H3,(H,29,30). The van der Waals surface area contributed by atoms with Gasteiger partial charge in [-0.25, -0.2) is 14.2 Å². The zero-order valence-corrected chi connectivity index (χ0v) is 19.1. The third-order valence-corrected chi connectivity index (χ3v) is 6.49. The van der Waals surface area contributed by atoms with Crippen molar-refractivity contribution in [2.45, 2.75) is 6.92 Å². The van der Waals surface area contributed by atoms with Crippen LogP contribution in [0.4, 0.5) is 31.4 Å². The number of hydrogen-bond acceptors (Lipinski definition) is 5. The molecule has 168 valence electrons. The number of aromatic nitrogens is 1. The van der Waals surface area contributed by atoms with Gasteiger partial charge in [-0.3, -0.25) is 9.80 Å². The second kappa shape index (κ2) is 8.96. The van der Waals surface area contributed by atoms with E-state index in [1.165, 1.54) is 23.5 Å². The van der Waals surface area contributed by atoms with E-state index in [0.29, 0.717) is 24.3 Å². The molecule has 1 fully saturated rings. The van der Waals surface area contributed by atoms with Gasteiger partial charge < -0.3 is 5.32 Å². The van der Waals surface area contributed by atoms with Gasteiger partial charge in [0.05, 0.1) is 17.3 Å². The molecule has 0 saturated carbocycles. The van der Waals surface area contributed by atoms with E-state index in [1.54, 1.807) is 34.1 Å². The van der Waals surface area contributed by atoms with Crippen LogP contribution in [0.15, 0.2) is 72.1 Å². The lowest BCUT2D eigenvalue weighted by Crippen LogP contribution is -2.31. The number of nitrogens with one attached hydrogen (secondary N) is 1. The maximum atomic E-state index is 13.3. The summed E-state index contributed by atoms with van der Waals surface area (Å²) in [6, 6.07) is 21.1. The van der Waals surface area contributed by atoms with E-state index < -0.39 is 0 Å². The number of anilines is 4. The Labute approximate surface area is 200 Å². The normalized spacial score (nSPS) is 13.3. The highest BCUT2D eigenvalue weighted by Crippen LogP contribution is 2.32. The summed E-state index contributed by atoms with van der Waals surface area (Å²) in [5.41, 5.74) is 5.74. The molecule has 3 aromatic carbocycles. The van der Waals surface area contributed by atoms with Crippen LogP contribution in [0.2, 0.25) is 0 Å². The van der Waals surface area contributed by atoms with Crippen LogP contribution in [0.25, 0.3) is 11.3 Å². The first-order valence-corrected chi connectivity index (χ1v) is 11.6. The lowest BCUT2D eigenvalue weighted by Gasteiger charge is -2.20. The minimum Gasteiger partial charge on any atom is -0.331 e. The predicted molar refractivity (Wildman–Crippen MR) is 133 cm³/mol. The molecule has 8 heteroatoms. The second-order valence-electron chi connectivity index (χ2n) is 7.91. The molecule has 1 aliphatic rings. The highest BCUT2D eigenvalue weighted by Gasteiger charge is 2.31. The average Bonchev–Trinajstić information content (AvgIpc) is 3.48. The quantitative estimate of drug-likeness (QED) is 0.371. The van der Waals surface area contributed by atoms with Crippen molar-refractivity contribution in [2.24, 2.45) is 0 Å². The van der Waals surface area contributed by atoms with Crippen LogP contribution < -0.4 is 15.1 Å². The van der Waals surface area contributed by atoms with Crippen LogP contribution in [0.3, 0.4) is 0 Å². The molecular weight excluding hydrogens is 449 g/mol. The number of carbonyl (C=O) groups is 1. The second-order valence-corrected chi connectivity index (χ2v) is 8.77. The smallest absolute Gasteiger partial charge is 0.329 e. The minimum absolute atomic E-state index is 0.140. The molecule has 0 spiro atoms. The number of nitrogens with zero attached hydrogens (tertiary/aromatic N) is 4. The topological polar surface area (TPSA) is 72.3 Å². The fourth-order valence-electron chi connectivity index (χ4n) is 3.84. The van der Waals surface area contributed by atoms with Crippen LogP contribution in [-0.4, -0.2) is 24.1 Å². The van der Waals surface area contributed by atoms with Crippen LogP contribution in [0.1, 0.15) is 11.1 Å². The number of aryl methyl sites for hydroxylation is 1. The van der Waals surface area contributed by atoms with Crippen molar-refractivity contribution in [1.29, 1.82) is 5.26 Å². The van der Waals surface area contributed by atoms with Crippen molar-refractivity contribution >= 4 is 39.6 Å². The molecule has 1 saturated heterocycles. The summed E-state index contributed by atoms with van der Waals surface area (Å²) in [5, 5.41) is 15.1. The molecule has 4 aromatic rings. The Kier molecular flexibility index (Phi) is 5.70. The minimum atomic E-state index is -0.328. The summed E-state index contributed by atoms with van der Waals surface area (Å²) in [4.78, 5) is 21.1. The summed E-state index contributed by atoms with van der Waals surface area (Å²) in [6.45, 7) is 3.07. The molecule has 0 radical (unpaired) electrons. The molecule has 2 amide bonds. The largest absolute Gasteiger partial charge is 0.331 e. The fourth-order valence-corrected chi connectivity index (χ4v) is 4.58. The van der Waals surface area contributed by atoms with Gasteiger partial charge in [0, 0.05) is 41.1 Å². The SMILES string of the molecule is Cc1ccc(N2CCN(c3ccc(F)cc3)C2=O)cc1Nc1nc(-c2ccc(C#N)cc2)cs1. The van der Waals surface area contributed by atoms with E-state index in [9.17, 15) is 9.18 Å². The number of thiazole rings is 1. The maximum Gasteiger partial charge on any atom is 0.329 e. The molecule has 2 heterocycles. The first kappa shape index (κ1) is 21.6. The third kappa shape index (κ3) is 4.21. The first-order valence-electron chi connectivity index (χ1n) is 10.7. The molecule has 5 rings (SSSR count). The molecule has 0 unspecified atom stereocenters. The van der Waals surface area contributed by atoms with Gasteiger partial charge in [0.1, 0.15) is 5.82 Å². The monoisotopic (exact) mass is 469 g/mol. The summed E-state index contributed by atoms with van der Waals surface area (Å²) in [5.74, 6) is -0.328. The number of urea groups is 1. The van der Waals surface area contributed by atoms with Gasteiger partial charge in [0.25, 0.3) is 0 Å². The number of amides is 2. The molecular formula is C26H20FN5OS. The highest BCUT2D eigenvalue weighted by molar-refractivity contribution is 7.14. The van der Waals surface area contributed by atoms with E-state index in [0.717, 1.165) is 33.3 Å². The molecule has 1 aromatic heterocycles. The number of carbonyl (C=O) groups excluding carboxylic acids is 1. The summed E-state index contributed by atoms with van der Waals surface area (Å²) < 4.78 is 13.3. The van der Waals surface area contributed by atoms with E-state index in [1.807, 2.05) is 42.6 Å². The Morgan fingerprint density at radius 1 is 1.00 bits per heavy atom. The van der Waals surface area contributed by atoms with E-state index in [-0.39, 0.29) is 11.8 Å². The number of rotatable bonds is 5. The average molecular weight is 470 g/mol. The van der Waals surface area contributed by atoms with E-state index >= 15 is 0 Å². The zero-order valence-electron chi connectivity index (χ0n) is 18.3. The fraction of sp³-hybridized carbons (Fsp3) is 0.115. The lowest BCUT2D eigenvalue weighted by atomic mass is 10.1. The third-order valence-electron chi connectivity index (χ3n) is 5.74. The molecule has 1 aliphatic heterocycles. The van der Waals surface area contributed by atoms with E-state index in [2.05, 4.69) is 16.4 Å². The zero-order chi connectivity index (χ0) is 23.7. The number of nitriles is 1. The summed E-state index contributed by atoms with van der Waals surface area (Å²) in [7, 11) is 0. The van der Waals surface area contributed by atoms with Crippen LogP contribution in [-0.2, 0) is 0 Å². The van der Waals surface area contributed by atoms with Crippen LogP contribution in [0.5, 0.6) is 0 Å². The van der Waals surface area contributed by atoms with Crippen molar-refractivity contribution < 1.29 is 9.18 Å². The Bertz CT molecular complexity index is 1390. The van der Waals surface area contributed by atoms with Crippen LogP contribution >= 0.6 is 11.3 Å². The number of benzene rings is 3. The maximum absolute atomic E-state index is 13.3. The molecule has 0 aliphatic carbocycles. The van der Waals surface area contributed by atoms with Gasteiger partial charge in [-0.2, -0.15) is 5.26 Å². The Morgan fingerprint density at radius 3 is 2.38 bits per heavy atom. The first-order chi connectivity index (χ1) is 16.5. The Morgan fingerprint density at radius 2 is 1.68 bits per heavy atom. The van der Waals surface area contributed by atoms with Crippen molar-refractivity contribution in [1.82, 2.24) is 4.98 Å². The molecule has 1 N–H and O–H groups in total. The molecule has 6 nitrogen and oxygen atoms in total. The van der Waals surface area contributed by atoms with Gasteiger partial charge in [0.15, 0.2) is 5.13 Å². The van der Waals surface area contributed by atoms with Gasteiger partial charge >= 0.3 is 6.03 Å². The predicted octanol–water partition coefficient (Wildman–Crippen LogP) is 6.32. The Balaban J connectivity index is 1.34. The van der Waals surface area contributed by atoms with E-state index in [4.69, 9.17) is 5.26 Å². The van der Waals surface area contributed by atoms with Crippen molar-refractivity contribution in [3.8, 4) is 17.3 Å². The van der Waals surface area contributed by atoms with Gasteiger partial charge in [-0.1, -0.05) is 18.2 Å². The van der Waals surface area contributed by atoms with Gasteiger partial charge in [0.2, 0.25) is 0 Å². The van der Waals surface area contributed by atoms with Crippen molar-refractivity contribution in [3.63, 3.8) is 0 Å². The molecule has 0 atom stereocenters. The number of halogens is 1. The van der Waals surface area contributed by atoms with Gasteiger partial charge in [-0.05, 0) is 61.0 Å². The highest BCUT2D eigenvalue weighted by atomic mass is 32.1. The molecule has 0 bridgehead atoms. The van der Waals surface area contributed by atoms with Crippen molar-refractivity contribution in [2.75, 3.05) is 28.2 Å². The molecule has 34 heavy (non-hydrogen) atoms. The van der Waals surface area contributed by atoms with Crippen molar-refractivity contribution in [3.05, 3.63) is 89.1 Å². The number of hydrogen-bond donors (Lipinski definition) is 1. The lowest BCUT2D eigenvalue weighted by molar-refractivity contribution is 0.256. The van der Waals surface area contributed by atoms with Gasteiger partial charge in [-0.15, -0.1) is 11.3 Å². The van der Waals surface area contributed by atoms with Crippen LogP contribution in [0, 0.1) is 24.1 Å². The Hall–Kier alpha value is -4.22. The summed E-state index contributed by atoms with van der Waals surface area (Å²) >= 11 is 1.49. The summed E-state index contributed by atoms with van der Waals surface area (Å²) in [6.07, 6.45) is 0.